The summed E-state index contributed by atoms with van der Waals surface area (Å²) in [5.74, 6) is -0.161. The zero-order valence-corrected chi connectivity index (χ0v) is 15.9. The second kappa shape index (κ2) is 9.54. The van der Waals surface area contributed by atoms with Crippen molar-refractivity contribution in [2.75, 3.05) is 26.2 Å². The Morgan fingerprint density at radius 3 is 1.42 bits per heavy atom. The minimum absolute atomic E-state index is 0.0209. The molecule has 8 heteroatoms. The fourth-order valence-corrected chi connectivity index (χ4v) is 3.55. The average molecular weight is 366 g/mol. The average Bonchev–Trinajstić information content (AvgIpc) is 3.18. The highest BCUT2D eigenvalue weighted by molar-refractivity contribution is 5.83. The van der Waals surface area contributed by atoms with Crippen LogP contribution in [-0.2, 0) is 19.2 Å². The van der Waals surface area contributed by atoms with E-state index in [1.165, 1.54) is 13.8 Å². The number of unbranched alkanes of at least 4 members (excludes halogenated alkanes) is 3. The molecule has 2 heterocycles. The number of amides is 4. The molecular formula is C18H30N4O4. The maximum atomic E-state index is 11.8. The van der Waals surface area contributed by atoms with E-state index in [4.69, 9.17) is 0 Å². The van der Waals surface area contributed by atoms with Gasteiger partial charge >= 0.3 is 0 Å². The van der Waals surface area contributed by atoms with Gasteiger partial charge in [0.1, 0.15) is 0 Å². The highest BCUT2D eigenvalue weighted by Crippen LogP contribution is 2.16. The summed E-state index contributed by atoms with van der Waals surface area (Å²) < 4.78 is 0. The van der Waals surface area contributed by atoms with Crippen molar-refractivity contribution in [3.05, 3.63) is 0 Å². The second-order valence-electron chi connectivity index (χ2n) is 6.94. The van der Waals surface area contributed by atoms with Crippen molar-refractivity contribution in [2.24, 2.45) is 0 Å². The molecule has 0 aromatic heterocycles. The van der Waals surface area contributed by atoms with Gasteiger partial charge in [0, 0.05) is 52.9 Å². The number of nitrogens with zero attached hydrogens (tertiary/aromatic N) is 4. The van der Waals surface area contributed by atoms with Crippen molar-refractivity contribution < 1.29 is 19.2 Å². The Labute approximate surface area is 155 Å². The number of hydrogen-bond acceptors (Lipinski definition) is 4. The van der Waals surface area contributed by atoms with E-state index in [2.05, 4.69) is 0 Å². The van der Waals surface area contributed by atoms with Crippen LogP contribution in [0.1, 0.15) is 65.2 Å². The maximum absolute atomic E-state index is 11.8. The monoisotopic (exact) mass is 366 g/mol. The van der Waals surface area contributed by atoms with E-state index < -0.39 is 0 Å². The molecule has 0 bridgehead atoms. The molecule has 0 saturated carbocycles. The standard InChI is InChI=1S/C18H30N4O4/c1-15(23)19(21-13-7-9-17(21)25)11-5-3-4-6-12-20(16(2)24)22-14-8-10-18(22)26/h3-14H2,1-2H3. The maximum Gasteiger partial charge on any atom is 0.241 e. The van der Waals surface area contributed by atoms with Crippen molar-refractivity contribution >= 4 is 23.6 Å². The van der Waals surface area contributed by atoms with Gasteiger partial charge in [-0.05, 0) is 25.7 Å². The van der Waals surface area contributed by atoms with Gasteiger partial charge in [0.2, 0.25) is 23.6 Å². The van der Waals surface area contributed by atoms with Crippen LogP contribution in [0.5, 0.6) is 0 Å². The van der Waals surface area contributed by atoms with Gasteiger partial charge < -0.3 is 0 Å². The van der Waals surface area contributed by atoms with Crippen LogP contribution in [0.3, 0.4) is 0 Å². The molecule has 2 saturated heterocycles. The van der Waals surface area contributed by atoms with Crippen LogP contribution in [0.2, 0.25) is 0 Å². The van der Waals surface area contributed by atoms with Gasteiger partial charge in [0.25, 0.3) is 0 Å². The summed E-state index contributed by atoms with van der Waals surface area (Å²) in [6.45, 7) is 5.31. The molecule has 146 valence electrons. The van der Waals surface area contributed by atoms with Crippen LogP contribution in [0.4, 0.5) is 0 Å². The number of carbonyl (C=O) groups is 4. The van der Waals surface area contributed by atoms with Gasteiger partial charge in [-0.25, -0.2) is 0 Å². The molecule has 0 aromatic carbocycles. The van der Waals surface area contributed by atoms with Gasteiger partial charge in [-0.2, -0.15) is 0 Å². The zero-order valence-electron chi connectivity index (χ0n) is 15.9. The first-order chi connectivity index (χ1) is 12.4. The van der Waals surface area contributed by atoms with Gasteiger partial charge in [-0.15, -0.1) is 0 Å². The van der Waals surface area contributed by atoms with Gasteiger partial charge in [0.15, 0.2) is 0 Å². The Hall–Kier alpha value is -2.12. The summed E-state index contributed by atoms with van der Waals surface area (Å²) in [5, 5.41) is 6.25. The number of hydrogen-bond donors (Lipinski definition) is 0. The van der Waals surface area contributed by atoms with Crippen LogP contribution < -0.4 is 0 Å². The molecule has 4 amide bonds. The van der Waals surface area contributed by atoms with Crippen LogP contribution >= 0.6 is 0 Å². The van der Waals surface area contributed by atoms with Crippen molar-refractivity contribution in [3.63, 3.8) is 0 Å². The zero-order chi connectivity index (χ0) is 19.1. The summed E-state index contributed by atoms with van der Waals surface area (Å²) in [6, 6.07) is 0. The fraction of sp³-hybridized carbons (Fsp3) is 0.778. The SMILES string of the molecule is CC(=O)N(CCCCCCN(C(C)=O)N1CCCC1=O)N1CCCC1=O. The molecule has 0 unspecified atom stereocenters. The predicted molar refractivity (Wildman–Crippen MR) is 95.1 cm³/mol. The first-order valence-corrected chi connectivity index (χ1v) is 9.58. The van der Waals surface area contributed by atoms with Crippen molar-refractivity contribution in [1.82, 2.24) is 20.0 Å². The Balaban J connectivity index is 1.68. The molecule has 26 heavy (non-hydrogen) atoms. The Bertz CT molecular complexity index is 503. The predicted octanol–water partition coefficient (Wildman–Crippen LogP) is 1.32. The van der Waals surface area contributed by atoms with Crippen LogP contribution in [0.25, 0.3) is 0 Å². The molecule has 8 nitrogen and oxygen atoms in total. The highest BCUT2D eigenvalue weighted by atomic mass is 16.2. The molecule has 2 fully saturated rings. The number of carbonyl (C=O) groups excluding carboxylic acids is 4. The lowest BCUT2D eigenvalue weighted by Gasteiger charge is -2.31. The molecule has 0 N–H and O–H groups in total. The van der Waals surface area contributed by atoms with Gasteiger partial charge in [-0.1, -0.05) is 12.8 Å². The molecule has 2 aliphatic heterocycles. The summed E-state index contributed by atoms with van der Waals surface area (Å²) in [4.78, 5) is 47.2. The van der Waals surface area contributed by atoms with Crippen molar-refractivity contribution in [2.45, 2.75) is 65.2 Å². The summed E-state index contributed by atoms with van der Waals surface area (Å²) in [7, 11) is 0. The minimum atomic E-state index is -0.101. The Kier molecular flexibility index (Phi) is 7.41. The topological polar surface area (TPSA) is 81.2 Å². The fourth-order valence-electron chi connectivity index (χ4n) is 3.55. The Morgan fingerprint density at radius 1 is 0.769 bits per heavy atom. The van der Waals surface area contributed by atoms with E-state index in [0.717, 1.165) is 38.5 Å². The second-order valence-corrected chi connectivity index (χ2v) is 6.94. The molecule has 2 aliphatic rings. The third kappa shape index (κ3) is 5.19. The molecule has 0 aromatic rings. The molecule has 0 spiro atoms. The minimum Gasteiger partial charge on any atom is -0.273 e. The number of rotatable bonds is 9. The molecular weight excluding hydrogens is 336 g/mol. The van der Waals surface area contributed by atoms with Gasteiger partial charge in [0.05, 0.1) is 0 Å². The molecule has 2 rings (SSSR count). The van der Waals surface area contributed by atoms with E-state index in [9.17, 15) is 19.2 Å². The molecule has 0 radical (unpaired) electrons. The van der Waals surface area contributed by atoms with Crippen molar-refractivity contribution in [3.8, 4) is 0 Å². The highest BCUT2D eigenvalue weighted by Gasteiger charge is 2.28. The van der Waals surface area contributed by atoms with E-state index >= 15 is 0 Å². The van der Waals surface area contributed by atoms with Crippen molar-refractivity contribution in [1.29, 1.82) is 0 Å². The van der Waals surface area contributed by atoms with E-state index in [1.807, 2.05) is 0 Å². The smallest absolute Gasteiger partial charge is 0.241 e. The van der Waals surface area contributed by atoms with Gasteiger partial charge in [-0.3, -0.25) is 39.2 Å². The van der Waals surface area contributed by atoms with E-state index in [0.29, 0.717) is 39.0 Å². The quantitative estimate of drug-likeness (QED) is 0.576. The summed E-state index contributed by atoms with van der Waals surface area (Å²) >= 11 is 0. The van der Waals surface area contributed by atoms with Crippen LogP contribution in [-0.4, -0.2) is 69.8 Å². The third-order valence-electron chi connectivity index (χ3n) is 4.90. The van der Waals surface area contributed by atoms with Crippen LogP contribution in [0, 0.1) is 0 Å². The summed E-state index contributed by atoms with van der Waals surface area (Å²) in [6.07, 6.45) is 6.08. The molecule has 0 atom stereocenters. The van der Waals surface area contributed by atoms with Crippen LogP contribution in [0.15, 0.2) is 0 Å². The largest absolute Gasteiger partial charge is 0.273 e. The Morgan fingerprint density at radius 2 is 1.15 bits per heavy atom. The first-order valence-electron chi connectivity index (χ1n) is 9.58. The number of hydrazine groups is 2. The lowest BCUT2D eigenvalue weighted by molar-refractivity contribution is -0.158. The summed E-state index contributed by atoms with van der Waals surface area (Å²) in [5.41, 5.74) is 0. The molecule has 0 aliphatic carbocycles. The van der Waals surface area contributed by atoms with E-state index in [-0.39, 0.29) is 23.6 Å². The normalized spacial score (nSPS) is 17.2. The lowest BCUT2D eigenvalue weighted by Crippen LogP contribution is -2.47. The third-order valence-corrected chi connectivity index (χ3v) is 4.90. The van der Waals surface area contributed by atoms with E-state index in [1.54, 1.807) is 20.0 Å². The first kappa shape index (κ1) is 20.2. The lowest BCUT2D eigenvalue weighted by atomic mass is 10.2.